The first-order valence-electron chi connectivity index (χ1n) is 8.17. The van der Waals surface area contributed by atoms with Crippen LogP contribution in [0.2, 0.25) is 0 Å². The summed E-state index contributed by atoms with van der Waals surface area (Å²) in [6.07, 6.45) is 2.50. The van der Waals surface area contributed by atoms with E-state index in [-0.39, 0.29) is 12.0 Å². The summed E-state index contributed by atoms with van der Waals surface area (Å²) in [6, 6.07) is 5.52. The van der Waals surface area contributed by atoms with Gasteiger partial charge in [0.2, 0.25) is 0 Å². The van der Waals surface area contributed by atoms with Crippen LogP contribution in [0.4, 0.5) is 0 Å². The minimum atomic E-state index is 0.0333. The van der Waals surface area contributed by atoms with Crippen molar-refractivity contribution in [3.05, 3.63) is 28.4 Å². The lowest BCUT2D eigenvalue weighted by atomic mass is 10.1. The quantitative estimate of drug-likeness (QED) is 0.719. The third-order valence-electron chi connectivity index (χ3n) is 4.02. The molecule has 1 heterocycles. The number of carbonyl (C=O) groups is 1. The van der Waals surface area contributed by atoms with E-state index < -0.39 is 0 Å². The van der Waals surface area contributed by atoms with Gasteiger partial charge >= 0.3 is 0 Å². The fourth-order valence-electron chi connectivity index (χ4n) is 2.70. The van der Waals surface area contributed by atoms with Crippen molar-refractivity contribution in [2.45, 2.75) is 39.7 Å². The van der Waals surface area contributed by atoms with Gasteiger partial charge in [0.25, 0.3) is 5.91 Å². The second kappa shape index (κ2) is 6.56. The maximum Gasteiger partial charge on any atom is 0.254 e. The molecule has 1 fully saturated rings. The molecule has 1 aliphatic rings. The molecule has 1 aromatic carbocycles. The number of amides is 1. The number of hydrogen-bond acceptors (Lipinski definition) is 3. The van der Waals surface area contributed by atoms with Crippen molar-refractivity contribution in [3.63, 3.8) is 0 Å². The Kier molecular flexibility index (Phi) is 4.67. The van der Waals surface area contributed by atoms with E-state index in [4.69, 9.17) is 9.15 Å². The van der Waals surface area contributed by atoms with Gasteiger partial charge in [-0.3, -0.25) is 4.79 Å². The van der Waals surface area contributed by atoms with Crippen molar-refractivity contribution in [2.75, 3.05) is 13.1 Å². The number of nitrogens with zero attached hydrogens (tertiary/aromatic N) is 1. The standard InChI is InChI=1S/C18H22BrNO3/c1-4-20(10-12-5-6-12)18(21)13-7-15(22-11(2)3)14-9-17(19)23-16(14)8-13/h7-9,11-12H,4-6,10H2,1-3H3. The molecule has 3 rings (SSSR count). The van der Waals surface area contributed by atoms with E-state index in [0.29, 0.717) is 27.5 Å². The highest BCUT2D eigenvalue weighted by molar-refractivity contribution is 9.10. The predicted molar refractivity (Wildman–Crippen MR) is 94.0 cm³/mol. The van der Waals surface area contributed by atoms with Crippen molar-refractivity contribution < 1.29 is 13.9 Å². The van der Waals surface area contributed by atoms with E-state index in [2.05, 4.69) is 15.9 Å². The number of carbonyl (C=O) groups excluding carboxylic acids is 1. The number of fused-ring (bicyclic) bond motifs is 1. The lowest BCUT2D eigenvalue weighted by Crippen LogP contribution is -2.32. The van der Waals surface area contributed by atoms with Crippen LogP contribution in [0, 0.1) is 5.92 Å². The summed E-state index contributed by atoms with van der Waals surface area (Å²) in [4.78, 5) is 14.8. The fraction of sp³-hybridized carbons (Fsp3) is 0.500. The second-order valence-electron chi connectivity index (χ2n) is 6.39. The fourth-order valence-corrected chi connectivity index (χ4v) is 3.10. The highest BCUT2D eigenvalue weighted by Gasteiger charge is 2.27. The van der Waals surface area contributed by atoms with Gasteiger partial charge < -0.3 is 14.1 Å². The third kappa shape index (κ3) is 3.71. The van der Waals surface area contributed by atoms with Crippen molar-refractivity contribution >= 4 is 32.8 Å². The zero-order valence-electron chi connectivity index (χ0n) is 13.8. The summed E-state index contributed by atoms with van der Waals surface area (Å²) < 4.78 is 12.2. The molecule has 0 atom stereocenters. The van der Waals surface area contributed by atoms with E-state index in [9.17, 15) is 4.79 Å². The topological polar surface area (TPSA) is 42.7 Å². The van der Waals surface area contributed by atoms with E-state index >= 15 is 0 Å². The third-order valence-corrected chi connectivity index (χ3v) is 4.41. The van der Waals surface area contributed by atoms with Crippen molar-refractivity contribution in [1.29, 1.82) is 0 Å². The molecule has 5 heteroatoms. The van der Waals surface area contributed by atoms with Gasteiger partial charge in [-0.05, 0) is 67.6 Å². The molecule has 0 unspecified atom stereocenters. The highest BCUT2D eigenvalue weighted by atomic mass is 79.9. The summed E-state index contributed by atoms with van der Waals surface area (Å²) in [5.41, 5.74) is 1.29. The van der Waals surface area contributed by atoms with Crippen LogP contribution < -0.4 is 4.74 Å². The Labute approximate surface area is 144 Å². The second-order valence-corrected chi connectivity index (χ2v) is 7.17. The number of ether oxygens (including phenoxy) is 1. The molecule has 0 radical (unpaired) electrons. The monoisotopic (exact) mass is 379 g/mol. The molecule has 1 aromatic heterocycles. The van der Waals surface area contributed by atoms with Crippen LogP contribution in [-0.2, 0) is 0 Å². The van der Waals surface area contributed by atoms with Gasteiger partial charge in [-0.25, -0.2) is 0 Å². The van der Waals surface area contributed by atoms with Gasteiger partial charge in [-0.15, -0.1) is 0 Å². The van der Waals surface area contributed by atoms with Crippen LogP contribution in [0.15, 0.2) is 27.3 Å². The molecule has 0 spiro atoms. The molecule has 0 N–H and O–H groups in total. The SMILES string of the molecule is CCN(CC1CC1)C(=O)c1cc(OC(C)C)c2cc(Br)oc2c1. The highest BCUT2D eigenvalue weighted by Crippen LogP contribution is 2.34. The molecule has 1 saturated carbocycles. The molecule has 4 nitrogen and oxygen atoms in total. The number of furan rings is 1. The first-order chi connectivity index (χ1) is 11.0. The summed E-state index contributed by atoms with van der Waals surface area (Å²) in [5.74, 6) is 1.41. The predicted octanol–water partition coefficient (Wildman–Crippen LogP) is 4.85. The van der Waals surface area contributed by atoms with Gasteiger partial charge in [-0.2, -0.15) is 0 Å². The van der Waals surface area contributed by atoms with Gasteiger partial charge in [0.05, 0.1) is 11.5 Å². The molecule has 124 valence electrons. The van der Waals surface area contributed by atoms with Crippen molar-refractivity contribution in [2.24, 2.45) is 5.92 Å². The zero-order valence-corrected chi connectivity index (χ0v) is 15.4. The molecular weight excluding hydrogens is 358 g/mol. The van der Waals surface area contributed by atoms with Crippen LogP contribution in [0.1, 0.15) is 44.0 Å². The summed E-state index contributed by atoms with van der Waals surface area (Å²) in [7, 11) is 0. The minimum Gasteiger partial charge on any atom is -0.490 e. The number of halogens is 1. The Balaban J connectivity index is 1.96. The number of benzene rings is 1. The molecular formula is C18H22BrNO3. The Morgan fingerprint density at radius 3 is 2.74 bits per heavy atom. The summed E-state index contributed by atoms with van der Waals surface area (Å²) in [6.45, 7) is 7.53. The average Bonchev–Trinajstić information content (AvgIpc) is 3.23. The number of rotatable bonds is 6. The Bertz CT molecular complexity index is 718. The van der Waals surface area contributed by atoms with Gasteiger partial charge in [-0.1, -0.05) is 0 Å². The molecule has 0 aliphatic heterocycles. The van der Waals surface area contributed by atoms with Crippen LogP contribution >= 0.6 is 15.9 Å². The largest absolute Gasteiger partial charge is 0.490 e. The zero-order chi connectivity index (χ0) is 16.6. The van der Waals surface area contributed by atoms with Crippen molar-refractivity contribution in [3.8, 4) is 5.75 Å². The summed E-state index contributed by atoms with van der Waals surface area (Å²) >= 11 is 3.35. The lowest BCUT2D eigenvalue weighted by molar-refractivity contribution is 0.0756. The van der Waals surface area contributed by atoms with Gasteiger partial charge in [0.15, 0.2) is 4.67 Å². The van der Waals surface area contributed by atoms with Crippen LogP contribution in [0.25, 0.3) is 11.0 Å². The average molecular weight is 380 g/mol. The van der Waals surface area contributed by atoms with E-state index in [1.54, 1.807) is 0 Å². The smallest absolute Gasteiger partial charge is 0.254 e. The lowest BCUT2D eigenvalue weighted by Gasteiger charge is -2.21. The first-order valence-corrected chi connectivity index (χ1v) is 8.96. The van der Waals surface area contributed by atoms with E-state index in [0.717, 1.165) is 18.5 Å². The number of hydrogen-bond donors (Lipinski definition) is 0. The molecule has 0 bridgehead atoms. The molecule has 1 aliphatic carbocycles. The molecule has 0 saturated heterocycles. The maximum atomic E-state index is 12.8. The van der Waals surface area contributed by atoms with E-state index in [1.807, 2.05) is 43.9 Å². The Hall–Kier alpha value is -1.49. The van der Waals surface area contributed by atoms with Crippen LogP contribution in [0.3, 0.4) is 0 Å². The summed E-state index contributed by atoms with van der Waals surface area (Å²) in [5, 5.41) is 0.882. The minimum absolute atomic E-state index is 0.0333. The molecule has 1 amide bonds. The van der Waals surface area contributed by atoms with Crippen molar-refractivity contribution in [1.82, 2.24) is 4.90 Å². The van der Waals surface area contributed by atoms with E-state index in [1.165, 1.54) is 12.8 Å². The van der Waals surface area contributed by atoms with Crippen LogP contribution in [-0.4, -0.2) is 30.0 Å². The maximum absolute atomic E-state index is 12.8. The molecule has 2 aromatic rings. The Morgan fingerprint density at radius 1 is 1.39 bits per heavy atom. The van der Waals surface area contributed by atoms with Gasteiger partial charge in [0.1, 0.15) is 11.3 Å². The van der Waals surface area contributed by atoms with Gasteiger partial charge in [0, 0.05) is 24.7 Å². The Morgan fingerprint density at radius 2 is 2.13 bits per heavy atom. The molecule has 23 heavy (non-hydrogen) atoms. The van der Waals surface area contributed by atoms with Crippen LogP contribution in [0.5, 0.6) is 5.75 Å². The first kappa shape index (κ1) is 16.4. The normalized spacial score (nSPS) is 14.5.